The zero-order valence-corrected chi connectivity index (χ0v) is 16.5. The third kappa shape index (κ3) is 4.86. The number of carbonyl (C=O) groups excluding carboxylic acids is 1. The van der Waals surface area contributed by atoms with Crippen molar-refractivity contribution in [1.82, 2.24) is 19.7 Å². The van der Waals surface area contributed by atoms with E-state index in [1.54, 1.807) is 11.3 Å². The van der Waals surface area contributed by atoms with Gasteiger partial charge in [0.25, 0.3) is 0 Å². The summed E-state index contributed by atoms with van der Waals surface area (Å²) >= 11 is 1.76. The van der Waals surface area contributed by atoms with Gasteiger partial charge in [-0.2, -0.15) is 11.3 Å². The Morgan fingerprint density at radius 1 is 0.963 bits per heavy atom. The second kappa shape index (κ2) is 8.82. The van der Waals surface area contributed by atoms with Crippen molar-refractivity contribution in [1.29, 1.82) is 0 Å². The highest BCUT2D eigenvalue weighted by atomic mass is 32.1. The number of amides is 1. The van der Waals surface area contributed by atoms with Crippen molar-refractivity contribution in [2.75, 3.05) is 63.8 Å². The minimum absolute atomic E-state index is 0.266. The van der Waals surface area contributed by atoms with Gasteiger partial charge < -0.3 is 9.80 Å². The molecule has 2 fully saturated rings. The lowest BCUT2D eigenvalue weighted by Gasteiger charge is -2.38. The van der Waals surface area contributed by atoms with Crippen LogP contribution >= 0.6 is 11.3 Å². The number of hydrogen-bond acceptors (Lipinski definition) is 6. The number of piperazine rings is 2. The Balaban J connectivity index is 1.19. The van der Waals surface area contributed by atoms with E-state index in [2.05, 4.69) is 36.5 Å². The first-order chi connectivity index (χ1) is 13.3. The molecule has 6 nitrogen and oxygen atoms in total. The maximum Gasteiger partial charge on any atom is 0.236 e. The fraction of sp³-hybridized carbons (Fsp3) is 0.500. The van der Waals surface area contributed by atoms with E-state index in [1.165, 1.54) is 5.56 Å². The Morgan fingerprint density at radius 2 is 1.74 bits per heavy atom. The van der Waals surface area contributed by atoms with Crippen LogP contribution in [0.3, 0.4) is 0 Å². The zero-order valence-electron chi connectivity index (χ0n) is 15.7. The zero-order chi connectivity index (χ0) is 18.5. The van der Waals surface area contributed by atoms with E-state index in [9.17, 15) is 4.79 Å². The first-order valence-corrected chi connectivity index (χ1v) is 10.6. The molecule has 7 heteroatoms. The number of anilines is 1. The third-order valence-corrected chi connectivity index (χ3v) is 6.15. The molecule has 2 saturated heterocycles. The Hall–Kier alpha value is -1.96. The van der Waals surface area contributed by atoms with Crippen molar-refractivity contribution < 1.29 is 4.79 Å². The monoisotopic (exact) mass is 385 g/mol. The molecule has 1 amide bonds. The first kappa shape index (κ1) is 18.4. The predicted molar refractivity (Wildman–Crippen MR) is 109 cm³/mol. The van der Waals surface area contributed by atoms with Gasteiger partial charge in [-0.15, -0.1) is 0 Å². The molecular weight excluding hydrogens is 358 g/mol. The summed E-state index contributed by atoms with van der Waals surface area (Å²) in [6, 6.07) is 8.18. The number of carbonyl (C=O) groups is 1. The summed E-state index contributed by atoms with van der Waals surface area (Å²) in [6.45, 7) is 8.90. The molecule has 0 spiro atoms. The van der Waals surface area contributed by atoms with Gasteiger partial charge in [-0.3, -0.25) is 14.6 Å². The van der Waals surface area contributed by atoms with Crippen LogP contribution in [0.5, 0.6) is 0 Å². The van der Waals surface area contributed by atoms with Gasteiger partial charge >= 0.3 is 0 Å². The van der Waals surface area contributed by atoms with E-state index in [4.69, 9.17) is 0 Å². The maximum atomic E-state index is 12.7. The van der Waals surface area contributed by atoms with E-state index < -0.39 is 0 Å². The van der Waals surface area contributed by atoms with Crippen LogP contribution in [0, 0.1) is 0 Å². The Morgan fingerprint density at radius 3 is 2.41 bits per heavy atom. The average Bonchev–Trinajstić information content (AvgIpc) is 3.23. The predicted octanol–water partition coefficient (Wildman–Crippen LogP) is 1.61. The topological polar surface area (TPSA) is 42.9 Å². The van der Waals surface area contributed by atoms with Crippen LogP contribution in [0.25, 0.3) is 0 Å². The van der Waals surface area contributed by atoms with Crippen molar-refractivity contribution in [3.8, 4) is 0 Å². The van der Waals surface area contributed by atoms with Crippen molar-refractivity contribution >= 4 is 23.1 Å². The lowest BCUT2D eigenvalue weighted by molar-refractivity contribution is -0.133. The summed E-state index contributed by atoms with van der Waals surface area (Å²) in [7, 11) is 0. The molecule has 27 heavy (non-hydrogen) atoms. The van der Waals surface area contributed by atoms with E-state index >= 15 is 0 Å². The summed E-state index contributed by atoms with van der Waals surface area (Å²) in [5.74, 6) is 1.27. The number of pyridine rings is 1. The van der Waals surface area contributed by atoms with E-state index in [0.29, 0.717) is 6.54 Å². The van der Waals surface area contributed by atoms with E-state index in [-0.39, 0.29) is 5.91 Å². The smallest absolute Gasteiger partial charge is 0.236 e. The minimum Gasteiger partial charge on any atom is -0.353 e. The molecule has 0 saturated carbocycles. The molecule has 0 N–H and O–H groups in total. The molecular formula is C20H27N5OS. The van der Waals surface area contributed by atoms with Crippen LogP contribution in [0.4, 0.5) is 5.82 Å². The highest BCUT2D eigenvalue weighted by molar-refractivity contribution is 7.07. The standard InChI is InChI=1S/C20H27N5OS/c26-20(25-12-10-24(11-13-25)19-3-1-2-5-21-19)16-23-8-6-22(7-9-23)15-18-4-14-27-17-18/h1-5,14,17H,6-13,15-16H2. The molecule has 0 aliphatic carbocycles. The summed E-state index contributed by atoms with van der Waals surface area (Å²) in [4.78, 5) is 26.1. The lowest BCUT2D eigenvalue weighted by atomic mass is 10.2. The normalized spacial score (nSPS) is 19.4. The van der Waals surface area contributed by atoms with Crippen LogP contribution in [0.2, 0.25) is 0 Å². The SMILES string of the molecule is O=C(CN1CCN(Cc2ccsc2)CC1)N1CCN(c2ccccn2)CC1. The molecule has 0 unspecified atom stereocenters. The van der Waals surface area contributed by atoms with Crippen LogP contribution in [0.15, 0.2) is 41.2 Å². The summed E-state index contributed by atoms with van der Waals surface area (Å²) in [6.07, 6.45) is 1.82. The molecule has 2 aliphatic heterocycles. The number of nitrogens with zero attached hydrogens (tertiary/aromatic N) is 5. The Bertz CT molecular complexity index is 707. The molecule has 4 heterocycles. The summed E-state index contributed by atoms with van der Waals surface area (Å²) in [5.41, 5.74) is 1.40. The van der Waals surface area contributed by atoms with Gasteiger partial charge in [0, 0.05) is 65.1 Å². The van der Waals surface area contributed by atoms with Gasteiger partial charge in [0.2, 0.25) is 5.91 Å². The van der Waals surface area contributed by atoms with Gasteiger partial charge in [-0.05, 0) is 34.5 Å². The second-order valence-electron chi connectivity index (χ2n) is 7.24. The van der Waals surface area contributed by atoms with Crippen LogP contribution in [-0.2, 0) is 11.3 Å². The van der Waals surface area contributed by atoms with Gasteiger partial charge in [0.15, 0.2) is 0 Å². The molecule has 2 aromatic heterocycles. The molecule has 0 aromatic carbocycles. The van der Waals surface area contributed by atoms with Gasteiger partial charge in [-0.1, -0.05) is 6.07 Å². The van der Waals surface area contributed by atoms with Crippen LogP contribution in [0.1, 0.15) is 5.56 Å². The molecule has 2 aliphatic rings. The lowest BCUT2D eigenvalue weighted by Crippen LogP contribution is -2.53. The molecule has 4 rings (SSSR count). The largest absolute Gasteiger partial charge is 0.353 e. The van der Waals surface area contributed by atoms with Crippen molar-refractivity contribution in [2.24, 2.45) is 0 Å². The highest BCUT2D eigenvalue weighted by Crippen LogP contribution is 2.14. The fourth-order valence-electron chi connectivity index (χ4n) is 3.76. The third-order valence-electron chi connectivity index (χ3n) is 5.42. The second-order valence-corrected chi connectivity index (χ2v) is 8.02. The maximum absolute atomic E-state index is 12.7. The van der Waals surface area contributed by atoms with Gasteiger partial charge in [0.05, 0.1) is 6.54 Å². The first-order valence-electron chi connectivity index (χ1n) is 9.67. The number of rotatable bonds is 5. The number of thiophene rings is 1. The summed E-state index contributed by atoms with van der Waals surface area (Å²) in [5, 5.41) is 4.36. The average molecular weight is 386 g/mol. The number of aromatic nitrogens is 1. The van der Waals surface area contributed by atoms with E-state index in [0.717, 1.165) is 64.7 Å². The van der Waals surface area contributed by atoms with Crippen molar-refractivity contribution in [3.63, 3.8) is 0 Å². The molecule has 144 valence electrons. The van der Waals surface area contributed by atoms with Crippen molar-refractivity contribution in [3.05, 3.63) is 46.8 Å². The quantitative estimate of drug-likeness (QED) is 0.782. The van der Waals surface area contributed by atoms with Crippen molar-refractivity contribution in [2.45, 2.75) is 6.54 Å². The van der Waals surface area contributed by atoms with Crippen LogP contribution in [-0.4, -0.2) is 84.5 Å². The van der Waals surface area contributed by atoms with Gasteiger partial charge in [-0.25, -0.2) is 4.98 Å². The fourth-order valence-corrected chi connectivity index (χ4v) is 4.42. The molecule has 2 aromatic rings. The van der Waals surface area contributed by atoms with Crippen LogP contribution < -0.4 is 4.90 Å². The van der Waals surface area contributed by atoms with E-state index in [1.807, 2.05) is 29.3 Å². The molecule has 0 radical (unpaired) electrons. The Kier molecular flexibility index (Phi) is 6.01. The number of hydrogen-bond donors (Lipinski definition) is 0. The van der Waals surface area contributed by atoms with Gasteiger partial charge in [0.1, 0.15) is 5.82 Å². The molecule has 0 atom stereocenters. The highest BCUT2D eigenvalue weighted by Gasteiger charge is 2.25. The molecule has 0 bridgehead atoms. The Labute approximate surface area is 165 Å². The minimum atomic E-state index is 0.266. The summed E-state index contributed by atoms with van der Waals surface area (Å²) < 4.78 is 0.